The standard InChI is InChI=1S/C16H23F3N4O2/c1-22-7-11(5-21-22)12-8-23(9-13(12)14(20)24)6-10-3-15(4-10,25-2)16(17,18)19/h5,7,10,12-13H,3-4,6,8-9H2,1-2H3,(H2,20,24)/t10?,12-,13+,15?/m1/s1. The minimum absolute atomic E-state index is 0.0394. The van der Waals surface area contributed by atoms with Crippen molar-refractivity contribution >= 4 is 5.91 Å². The number of likely N-dealkylation sites (tertiary alicyclic amines) is 1. The Kier molecular flexibility index (Phi) is 4.57. The van der Waals surface area contributed by atoms with Gasteiger partial charge in [0.1, 0.15) is 0 Å². The van der Waals surface area contributed by atoms with E-state index in [1.807, 2.05) is 11.1 Å². The number of aryl methyl sites for hydroxylation is 1. The zero-order chi connectivity index (χ0) is 18.4. The van der Waals surface area contributed by atoms with Gasteiger partial charge in [0, 0.05) is 45.9 Å². The Morgan fingerprint density at radius 2 is 2.12 bits per heavy atom. The van der Waals surface area contributed by atoms with E-state index in [0.717, 1.165) is 12.7 Å². The molecule has 9 heteroatoms. The fraction of sp³-hybridized carbons (Fsp3) is 0.750. The summed E-state index contributed by atoms with van der Waals surface area (Å²) in [6.07, 6.45) is -0.859. The van der Waals surface area contributed by atoms with Gasteiger partial charge in [0.25, 0.3) is 0 Å². The molecular weight excluding hydrogens is 337 g/mol. The highest BCUT2D eigenvalue weighted by atomic mass is 19.4. The van der Waals surface area contributed by atoms with Gasteiger partial charge in [-0.3, -0.25) is 9.48 Å². The van der Waals surface area contributed by atoms with Gasteiger partial charge in [0.2, 0.25) is 5.91 Å². The van der Waals surface area contributed by atoms with E-state index >= 15 is 0 Å². The Bertz CT molecular complexity index is 640. The molecule has 140 valence electrons. The molecule has 2 atom stereocenters. The molecule has 0 unspecified atom stereocenters. The first-order chi connectivity index (χ1) is 11.6. The van der Waals surface area contributed by atoms with Gasteiger partial charge in [0.15, 0.2) is 5.60 Å². The average molecular weight is 360 g/mol. The number of methoxy groups -OCH3 is 1. The number of nitrogens with zero attached hydrogens (tertiary/aromatic N) is 3. The molecule has 1 aromatic heterocycles. The van der Waals surface area contributed by atoms with Crippen molar-refractivity contribution < 1.29 is 22.7 Å². The summed E-state index contributed by atoms with van der Waals surface area (Å²) in [5.74, 6) is -0.894. The molecule has 2 aliphatic rings. The minimum Gasteiger partial charge on any atom is -0.369 e. The summed E-state index contributed by atoms with van der Waals surface area (Å²) < 4.78 is 45.7. The van der Waals surface area contributed by atoms with Gasteiger partial charge in [-0.25, -0.2) is 0 Å². The topological polar surface area (TPSA) is 73.4 Å². The highest BCUT2D eigenvalue weighted by Crippen LogP contribution is 2.51. The number of rotatable bonds is 5. The van der Waals surface area contributed by atoms with Crippen molar-refractivity contribution in [3.8, 4) is 0 Å². The third kappa shape index (κ3) is 3.27. The second-order valence-electron chi connectivity index (χ2n) is 7.25. The van der Waals surface area contributed by atoms with Crippen LogP contribution in [0.25, 0.3) is 0 Å². The van der Waals surface area contributed by atoms with Crippen LogP contribution in [-0.2, 0) is 16.6 Å². The van der Waals surface area contributed by atoms with Crippen molar-refractivity contribution in [2.24, 2.45) is 24.6 Å². The summed E-state index contributed by atoms with van der Waals surface area (Å²) in [4.78, 5) is 13.8. The second-order valence-corrected chi connectivity index (χ2v) is 7.25. The molecule has 0 radical (unpaired) electrons. The number of aromatic nitrogens is 2. The zero-order valence-electron chi connectivity index (χ0n) is 14.3. The van der Waals surface area contributed by atoms with Gasteiger partial charge < -0.3 is 15.4 Å². The summed E-state index contributed by atoms with van der Waals surface area (Å²) in [5, 5.41) is 4.13. The van der Waals surface area contributed by atoms with E-state index in [-0.39, 0.29) is 36.5 Å². The van der Waals surface area contributed by atoms with Gasteiger partial charge in [-0.1, -0.05) is 0 Å². The molecule has 1 saturated carbocycles. The molecular formula is C16H23F3N4O2. The zero-order valence-corrected chi connectivity index (χ0v) is 14.3. The molecule has 2 N–H and O–H groups in total. The van der Waals surface area contributed by atoms with Crippen LogP contribution >= 0.6 is 0 Å². The van der Waals surface area contributed by atoms with Gasteiger partial charge >= 0.3 is 6.18 Å². The summed E-state index contributed by atoms with van der Waals surface area (Å²) in [6.45, 7) is 1.58. The first-order valence-electron chi connectivity index (χ1n) is 8.27. The first kappa shape index (κ1) is 18.2. The van der Waals surface area contributed by atoms with Crippen LogP contribution in [0.3, 0.4) is 0 Å². The average Bonchev–Trinajstić information content (AvgIpc) is 3.07. The minimum atomic E-state index is -4.35. The van der Waals surface area contributed by atoms with Crippen LogP contribution in [0.2, 0.25) is 0 Å². The third-order valence-corrected chi connectivity index (χ3v) is 5.57. The molecule has 1 aliphatic carbocycles. The molecule has 2 heterocycles. The van der Waals surface area contributed by atoms with Crippen LogP contribution < -0.4 is 5.73 Å². The molecule has 1 aliphatic heterocycles. The normalized spacial score (nSPS) is 33.4. The molecule has 3 rings (SSSR count). The molecule has 1 aromatic rings. The molecule has 0 bridgehead atoms. The van der Waals surface area contributed by atoms with Crippen molar-refractivity contribution in [3.05, 3.63) is 18.0 Å². The maximum Gasteiger partial charge on any atom is 0.417 e. The van der Waals surface area contributed by atoms with E-state index < -0.39 is 11.8 Å². The maximum atomic E-state index is 13.1. The van der Waals surface area contributed by atoms with E-state index in [4.69, 9.17) is 10.5 Å². The Morgan fingerprint density at radius 3 is 2.60 bits per heavy atom. The quantitative estimate of drug-likeness (QED) is 0.859. The maximum absolute atomic E-state index is 13.1. The van der Waals surface area contributed by atoms with Crippen LogP contribution in [0.4, 0.5) is 13.2 Å². The van der Waals surface area contributed by atoms with Gasteiger partial charge in [-0.15, -0.1) is 0 Å². The molecule has 6 nitrogen and oxygen atoms in total. The number of ether oxygens (including phenoxy) is 1. The fourth-order valence-electron chi connectivity index (χ4n) is 4.17. The van der Waals surface area contributed by atoms with E-state index in [1.165, 1.54) is 0 Å². The van der Waals surface area contributed by atoms with Crippen LogP contribution in [0, 0.1) is 11.8 Å². The van der Waals surface area contributed by atoms with Crippen LogP contribution in [0.15, 0.2) is 12.4 Å². The predicted octanol–water partition coefficient (Wildman–Crippen LogP) is 1.28. The van der Waals surface area contributed by atoms with Gasteiger partial charge in [-0.05, 0) is 24.3 Å². The summed E-state index contributed by atoms with van der Waals surface area (Å²) in [5.41, 5.74) is 4.46. The number of hydrogen-bond donors (Lipinski definition) is 1. The Balaban J connectivity index is 1.63. The van der Waals surface area contributed by atoms with Crippen LogP contribution in [0.5, 0.6) is 0 Å². The lowest BCUT2D eigenvalue weighted by Crippen LogP contribution is -2.58. The van der Waals surface area contributed by atoms with Gasteiger partial charge in [-0.2, -0.15) is 18.3 Å². The molecule has 1 saturated heterocycles. The summed E-state index contributed by atoms with van der Waals surface area (Å²) >= 11 is 0. The van der Waals surface area contributed by atoms with Gasteiger partial charge in [0.05, 0.1) is 12.1 Å². The number of primary amides is 1. The van der Waals surface area contributed by atoms with Crippen LogP contribution in [0.1, 0.15) is 24.3 Å². The summed E-state index contributed by atoms with van der Waals surface area (Å²) in [7, 11) is 2.91. The molecule has 0 spiro atoms. The van der Waals surface area contributed by atoms with Crippen molar-refractivity contribution in [1.29, 1.82) is 0 Å². The number of carbonyl (C=O) groups is 1. The fourth-order valence-corrected chi connectivity index (χ4v) is 4.17. The lowest BCUT2D eigenvalue weighted by atomic mass is 9.70. The van der Waals surface area contributed by atoms with E-state index in [1.54, 1.807) is 17.9 Å². The Labute approximate surface area is 144 Å². The third-order valence-electron chi connectivity index (χ3n) is 5.57. The summed E-state index contributed by atoms with van der Waals surface area (Å²) in [6, 6.07) is 0. The number of alkyl halides is 3. The number of carbonyl (C=O) groups excluding carboxylic acids is 1. The van der Waals surface area contributed by atoms with Crippen molar-refractivity contribution in [2.75, 3.05) is 26.7 Å². The van der Waals surface area contributed by atoms with Crippen molar-refractivity contribution in [1.82, 2.24) is 14.7 Å². The highest BCUT2D eigenvalue weighted by Gasteiger charge is 2.62. The van der Waals surface area contributed by atoms with E-state index in [9.17, 15) is 18.0 Å². The lowest BCUT2D eigenvalue weighted by Gasteiger charge is -2.48. The Morgan fingerprint density at radius 1 is 1.44 bits per heavy atom. The Hall–Kier alpha value is -1.61. The van der Waals surface area contributed by atoms with E-state index in [2.05, 4.69) is 5.10 Å². The first-order valence-corrected chi connectivity index (χ1v) is 8.27. The van der Waals surface area contributed by atoms with Crippen molar-refractivity contribution in [3.63, 3.8) is 0 Å². The molecule has 2 fully saturated rings. The number of nitrogens with two attached hydrogens (primary N) is 1. The lowest BCUT2D eigenvalue weighted by molar-refractivity contribution is -0.309. The number of hydrogen-bond acceptors (Lipinski definition) is 4. The molecule has 0 aromatic carbocycles. The smallest absolute Gasteiger partial charge is 0.369 e. The highest BCUT2D eigenvalue weighted by molar-refractivity contribution is 5.78. The molecule has 25 heavy (non-hydrogen) atoms. The van der Waals surface area contributed by atoms with E-state index in [0.29, 0.717) is 19.6 Å². The SMILES string of the molecule is COC1(C(F)(F)F)CC(CN2C[C@H](C(N)=O)[C@@H](c3cnn(C)c3)C2)C1. The number of halogens is 3. The molecule has 1 amide bonds. The largest absolute Gasteiger partial charge is 0.417 e. The monoisotopic (exact) mass is 360 g/mol. The predicted molar refractivity (Wildman–Crippen MR) is 83.6 cm³/mol. The van der Waals surface area contributed by atoms with Crippen LogP contribution in [-0.4, -0.2) is 59.1 Å². The number of amides is 1. The second kappa shape index (κ2) is 6.28. The van der Waals surface area contributed by atoms with Crippen molar-refractivity contribution in [2.45, 2.75) is 30.5 Å².